The lowest BCUT2D eigenvalue weighted by Crippen LogP contribution is -2.40. The first kappa shape index (κ1) is 12.0. The summed E-state index contributed by atoms with van der Waals surface area (Å²) in [7, 11) is 1.64. The topological polar surface area (TPSA) is 70.2 Å². The minimum absolute atomic E-state index is 0.00782. The highest BCUT2D eigenvalue weighted by atomic mass is 16.2. The number of carbonyl (C=O) groups is 2. The number of carbonyl (C=O) groups excluding carboxylic acids is 2. The Morgan fingerprint density at radius 2 is 2.00 bits per heavy atom. The highest BCUT2D eigenvalue weighted by molar-refractivity contribution is 5.76. The summed E-state index contributed by atoms with van der Waals surface area (Å²) in [6, 6.07) is 0.562. The second-order valence-corrected chi connectivity index (χ2v) is 3.95. The lowest BCUT2D eigenvalue weighted by molar-refractivity contribution is -0.121. The van der Waals surface area contributed by atoms with Crippen molar-refractivity contribution in [3.05, 3.63) is 0 Å². The van der Waals surface area contributed by atoms with Crippen LogP contribution < -0.4 is 16.0 Å². The van der Waals surface area contributed by atoms with E-state index >= 15 is 0 Å². The van der Waals surface area contributed by atoms with Crippen LogP contribution in [0.5, 0.6) is 0 Å². The van der Waals surface area contributed by atoms with Gasteiger partial charge in [-0.1, -0.05) is 0 Å². The normalized spacial score (nSPS) is 24.9. The maximum atomic E-state index is 11.1. The smallest absolute Gasteiger partial charge is 0.221 e. The van der Waals surface area contributed by atoms with Gasteiger partial charge in [0.1, 0.15) is 0 Å². The predicted molar refractivity (Wildman–Crippen MR) is 57.3 cm³/mol. The Bertz CT molecular complexity index is 243. The SMILES string of the molecule is CNC(=O)CC1CCC(CNC(C)=O)N1. The largest absolute Gasteiger partial charge is 0.359 e. The molecule has 86 valence electrons. The molecule has 0 saturated carbocycles. The van der Waals surface area contributed by atoms with Crippen LogP contribution in [0.4, 0.5) is 0 Å². The summed E-state index contributed by atoms with van der Waals surface area (Å²) < 4.78 is 0. The van der Waals surface area contributed by atoms with Gasteiger partial charge in [-0.3, -0.25) is 9.59 Å². The maximum absolute atomic E-state index is 11.1. The molecule has 0 bridgehead atoms. The van der Waals surface area contributed by atoms with Crippen molar-refractivity contribution in [2.24, 2.45) is 0 Å². The molecule has 0 aliphatic carbocycles. The second kappa shape index (κ2) is 5.70. The first-order valence-corrected chi connectivity index (χ1v) is 5.33. The van der Waals surface area contributed by atoms with Gasteiger partial charge in [0.2, 0.25) is 11.8 Å². The molecule has 0 spiro atoms. The van der Waals surface area contributed by atoms with Crippen LogP contribution in [-0.4, -0.2) is 37.5 Å². The van der Waals surface area contributed by atoms with Crippen molar-refractivity contribution in [2.75, 3.05) is 13.6 Å². The van der Waals surface area contributed by atoms with Crippen molar-refractivity contribution < 1.29 is 9.59 Å². The van der Waals surface area contributed by atoms with Crippen molar-refractivity contribution in [3.8, 4) is 0 Å². The number of hydrogen-bond donors (Lipinski definition) is 3. The van der Waals surface area contributed by atoms with Crippen LogP contribution in [0, 0.1) is 0 Å². The molecular weight excluding hydrogens is 194 g/mol. The molecule has 1 aliphatic heterocycles. The fraction of sp³-hybridized carbons (Fsp3) is 0.800. The molecule has 2 amide bonds. The molecule has 0 radical (unpaired) electrons. The van der Waals surface area contributed by atoms with Gasteiger partial charge in [-0.05, 0) is 12.8 Å². The molecular formula is C10H19N3O2. The van der Waals surface area contributed by atoms with E-state index in [4.69, 9.17) is 0 Å². The quantitative estimate of drug-likeness (QED) is 0.583. The van der Waals surface area contributed by atoms with Crippen LogP contribution in [-0.2, 0) is 9.59 Å². The van der Waals surface area contributed by atoms with E-state index in [1.54, 1.807) is 7.05 Å². The van der Waals surface area contributed by atoms with Crippen LogP contribution in [0.15, 0.2) is 0 Å². The van der Waals surface area contributed by atoms with E-state index in [2.05, 4.69) is 16.0 Å². The Balaban J connectivity index is 2.20. The van der Waals surface area contributed by atoms with Gasteiger partial charge in [0, 0.05) is 39.0 Å². The van der Waals surface area contributed by atoms with Crippen molar-refractivity contribution in [3.63, 3.8) is 0 Å². The third-order valence-electron chi connectivity index (χ3n) is 2.64. The monoisotopic (exact) mass is 213 g/mol. The average Bonchev–Trinajstić information content (AvgIpc) is 2.62. The first-order chi connectivity index (χ1) is 7.11. The van der Waals surface area contributed by atoms with Crippen molar-refractivity contribution in [2.45, 2.75) is 38.3 Å². The van der Waals surface area contributed by atoms with E-state index in [1.807, 2.05) is 0 Å². The van der Waals surface area contributed by atoms with Gasteiger partial charge >= 0.3 is 0 Å². The van der Waals surface area contributed by atoms with Gasteiger partial charge in [0.15, 0.2) is 0 Å². The highest BCUT2D eigenvalue weighted by Crippen LogP contribution is 2.14. The van der Waals surface area contributed by atoms with E-state index in [-0.39, 0.29) is 17.9 Å². The zero-order chi connectivity index (χ0) is 11.3. The van der Waals surface area contributed by atoms with Crippen LogP contribution >= 0.6 is 0 Å². The average molecular weight is 213 g/mol. The fourth-order valence-corrected chi connectivity index (χ4v) is 1.82. The number of rotatable bonds is 4. The molecule has 5 heteroatoms. The van der Waals surface area contributed by atoms with E-state index in [0.29, 0.717) is 19.0 Å². The Morgan fingerprint density at radius 1 is 1.33 bits per heavy atom. The van der Waals surface area contributed by atoms with Gasteiger partial charge in [0.05, 0.1) is 0 Å². The Kier molecular flexibility index (Phi) is 4.55. The summed E-state index contributed by atoms with van der Waals surface area (Å²) in [6.07, 6.45) is 2.53. The maximum Gasteiger partial charge on any atom is 0.221 e. The zero-order valence-corrected chi connectivity index (χ0v) is 9.30. The van der Waals surface area contributed by atoms with Crippen molar-refractivity contribution in [1.29, 1.82) is 0 Å². The van der Waals surface area contributed by atoms with Crippen LogP contribution in [0.2, 0.25) is 0 Å². The molecule has 1 saturated heterocycles. The lowest BCUT2D eigenvalue weighted by Gasteiger charge is -2.13. The zero-order valence-electron chi connectivity index (χ0n) is 9.30. The number of amides is 2. The Labute approximate surface area is 90.0 Å². The summed E-state index contributed by atoms with van der Waals surface area (Å²) in [5.41, 5.74) is 0. The standard InChI is InChI=1S/C10H19N3O2/c1-7(14)12-6-9-4-3-8(13-9)5-10(15)11-2/h8-9,13H,3-6H2,1-2H3,(H,11,15)(H,12,14). The van der Waals surface area contributed by atoms with E-state index in [0.717, 1.165) is 12.8 Å². The molecule has 1 fully saturated rings. The summed E-state index contributed by atoms with van der Waals surface area (Å²) >= 11 is 0. The molecule has 2 atom stereocenters. The van der Waals surface area contributed by atoms with Crippen molar-refractivity contribution >= 4 is 11.8 Å². The molecule has 0 aromatic heterocycles. The summed E-state index contributed by atoms with van der Waals surface area (Å²) in [4.78, 5) is 21.8. The summed E-state index contributed by atoms with van der Waals surface area (Å²) in [6.45, 7) is 2.16. The van der Waals surface area contributed by atoms with Crippen LogP contribution in [0.3, 0.4) is 0 Å². The predicted octanol–water partition coefficient (Wildman–Crippen LogP) is -0.621. The molecule has 1 aliphatic rings. The van der Waals surface area contributed by atoms with E-state index < -0.39 is 0 Å². The summed E-state index contributed by atoms with van der Waals surface area (Å²) in [5, 5.41) is 8.72. The molecule has 1 heterocycles. The number of hydrogen-bond acceptors (Lipinski definition) is 3. The van der Waals surface area contributed by atoms with Gasteiger partial charge in [0.25, 0.3) is 0 Å². The minimum Gasteiger partial charge on any atom is -0.359 e. The fourth-order valence-electron chi connectivity index (χ4n) is 1.82. The third-order valence-corrected chi connectivity index (χ3v) is 2.64. The first-order valence-electron chi connectivity index (χ1n) is 5.33. The molecule has 3 N–H and O–H groups in total. The van der Waals surface area contributed by atoms with Gasteiger partial charge in [-0.15, -0.1) is 0 Å². The van der Waals surface area contributed by atoms with E-state index in [9.17, 15) is 9.59 Å². The highest BCUT2D eigenvalue weighted by Gasteiger charge is 2.24. The Hall–Kier alpha value is -1.10. The summed E-state index contributed by atoms with van der Waals surface area (Å²) in [5.74, 6) is 0.0548. The van der Waals surface area contributed by atoms with E-state index in [1.165, 1.54) is 6.92 Å². The Morgan fingerprint density at radius 3 is 2.60 bits per heavy atom. The van der Waals surface area contributed by atoms with Crippen LogP contribution in [0.25, 0.3) is 0 Å². The molecule has 0 aromatic rings. The number of nitrogens with one attached hydrogen (secondary N) is 3. The molecule has 2 unspecified atom stereocenters. The third kappa shape index (κ3) is 4.29. The van der Waals surface area contributed by atoms with Gasteiger partial charge in [-0.2, -0.15) is 0 Å². The van der Waals surface area contributed by atoms with Crippen molar-refractivity contribution in [1.82, 2.24) is 16.0 Å². The molecule has 5 nitrogen and oxygen atoms in total. The lowest BCUT2D eigenvalue weighted by atomic mass is 10.1. The molecule has 15 heavy (non-hydrogen) atoms. The van der Waals surface area contributed by atoms with Crippen LogP contribution in [0.1, 0.15) is 26.2 Å². The minimum atomic E-state index is -0.00782. The second-order valence-electron chi connectivity index (χ2n) is 3.95. The molecule has 0 aromatic carbocycles. The van der Waals surface area contributed by atoms with Gasteiger partial charge < -0.3 is 16.0 Å². The molecule has 1 rings (SSSR count). The van der Waals surface area contributed by atoms with Gasteiger partial charge in [-0.25, -0.2) is 0 Å².